The second kappa shape index (κ2) is 5.75. The quantitative estimate of drug-likeness (QED) is 0.937. The normalized spacial score (nSPS) is 12.5. The Morgan fingerprint density at radius 2 is 2.11 bits per heavy atom. The Hall–Kier alpha value is -1.33. The van der Waals surface area contributed by atoms with Gasteiger partial charge in [0.2, 0.25) is 0 Å². The predicted molar refractivity (Wildman–Crippen MR) is 77.3 cm³/mol. The van der Waals surface area contributed by atoms with Crippen LogP contribution >= 0.6 is 15.9 Å². The number of halogens is 2. The molecule has 0 fully saturated rings. The van der Waals surface area contributed by atoms with Crippen LogP contribution in [0.1, 0.15) is 24.2 Å². The maximum absolute atomic E-state index is 13.3. The van der Waals surface area contributed by atoms with Gasteiger partial charge in [0.1, 0.15) is 5.82 Å². The molecule has 1 unspecified atom stereocenters. The number of hydrogen-bond donors (Lipinski definition) is 1. The third-order valence-corrected chi connectivity index (χ3v) is 3.78. The molecule has 0 aliphatic carbocycles. The van der Waals surface area contributed by atoms with E-state index in [2.05, 4.69) is 31.2 Å². The van der Waals surface area contributed by atoms with E-state index in [1.807, 2.05) is 20.9 Å². The summed E-state index contributed by atoms with van der Waals surface area (Å²) in [5.74, 6) is 0.225. The third-order valence-electron chi connectivity index (χ3n) is 3.09. The van der Waals surface area contributed by atoms with Crippen molar-refractivity contribution < 1.29 is 4.39 Å². The smallest absolute Gasteiger partial charge is 0.160 e. The van der Waals surface area contributed by atoms with Crippen LogP contribution in [0.15, 0.2) is 28.9 Å². The fourth-order valence-electron chi connectivity index (χ4n) is 1.86. The number of nitrogens with one attached hydrogen (secondary N) is 1. The molecule has 0 radical (unpaired) electrons. The van der Waals surface area contributed by atoms with Crippen LogP contribution in [0.25, 0.3) is 11.4 Å². The molecule has 1 heterocycles. The highest BCUT2D eigenvalue weighted by molar-refractivity contribution is 9.10. The Bertz CT molecular complexity index is 601. The average Bonchev–Trinajstić information content (AvgIpc) is 2.40. The summed E-state index contributed by atoms with van der Waals surface area (Å²) in [6.07, 6.45) is 1.79. The zero-order valence-corrected chi connectivity index (χ0v) is 12.6. The van der Waals surface area contributed by atoms with Gasteiger partial charge in [-0.15, -0.1) is 0 Å². The minimum atomic E-state index is -0.299. The summed E-state index contributed by atoms with van der Waals surface area (Å²) in [5.41, 5.74) is 2.59. The molecule has 1 N–H and O–H groups in total. The third kappa shape index (κ3) is 2.98. The van der Waals surface area contributed by atoms with Gasteiger partial charge in [-0.3, -0.25) is 0 Å². The lowest BCUT2D eigenvalue weighted by Gasteiger charge is -2.13. The van der Waals surface area contributed by atoms with Crippen molar-refractivity contribution in [1.29, 1.82) is 0 Å². The van der Waals surface area contributed by atoms with Gasteiger partial charge in [0, 0.05) is 33.5 Å². The van der Waals surface area contributed by atoms with Crippen LogP contribution in [-0.4, -0.2) is 17.0 Å². The molecule has 3 nitrogen and oxygen atoms in total. The minimum absolute atomic E-state index is 0.185. The van der Waals surface area contributed by atoms with E-state index >= 15 is 0 Å². The number of rotatable bonds is 3. The van der Waals surface area contributed by atoms with Crippen LogP contribution in [0.4, 0.5) is 4.39 Å². The van der Waals surface area contributed by atoms with Gasteiger partial charge in [0.05, 0.1) is 0 Å². The molecular weight excluding hydrogens is 309 g/mol. The standard InChI is InChI=1S/C14H15BrFN3/c1-8(17-3)12-7-18-14(19-9(12)2)11-6-10(16)4-5-13(11)15/h4-8,17H,1-3H3. The van der Waals surface area contributed by atoms with E-state index < -0.39 is 0 Å². The van der Waals surface area contributed by atoms with Crippen molar-refractivity contribution in [3.63, 3.8) is 0 Å². The number of hydrogen-bond acceptors (Lipinski definition) is 3. The van der Waals surface area contributed by atoms with E-state index in [1.54, 1.807) is 12.3 Å². The molecule has 0 saturated heterocycles. The van der Waals surface area contributed by atoms with Crippen LogP contribution in [-0.2, 0) is 0 Å². The zero-order valence-electron chi connectivity index (χ0n) is 11.0. The summed E-state index contributed by atoms with van der Waals surface area (Å²) in [6.45, 7) is 3.98. The summed E-state index contributed by atoms with van der Waals surface area (Å²) >= 11 is 3.39. The van der Waals surface area contributed by atoms with Crippen molar-refractivity contribution in [3.8, 4) is 11.4 Å². The first-order valence-corrected chi connectivity index (χ1v) is 6.78. The summed E-state index contributed by atoms with van der Waals surface area (Å²) in [6, 6.07) is 4.68. The lowest BCUT2D eigenvalue weighted by Crippen LogP contribution is -2.15. The van der Waals surface area contributed by atoms with E-state index in [-0.39, 0.29) is 11.9 Å². The van der Waals surface area contributed by atoms with Crippen LogP contribution in [0.5, 0.6) is 0 Å². The Morgan fingerprint density at radius 3 is 2.74 bits per heavy atom. The maximum atomic E-state index is 13.3. The van der Waals surface area contributed by atoms with Crippen molar-refractivity contribution in [3.05, 3.63) is 45.9 Å². The van der Waals surface area contributed by atoms with Crippen molar-refractivity contribution >= 4 is 15.9 Å². The summed E-state index contributed by atoms with van der Waals surface area (Å²) in [5, 5.41) is 3.15. The minimum Gasteiger partial charge on any atom is -0.313 e. The maximum Gasteiger partial charge on any atom is 0.160 e. The van der Waals surface area contributed by atoms with Crippen molar-refractivity contribution in [2.75, 3.05) is 7.05 Å². The van der Waals surface area contributed by atoms with Crippen LogP contribution < -0.4 is 5.32 Å². The number of benzene rings is 1. The molecule has 0 saturated carbocycles. The van der Waals surface area contributed by atoms with Crippen LogP contribution in [0, 0.1) is 12.7 Å². The molecule has 5 heteroatoms. The van der Waals surface area contributed by atoms with Crippen LogP contribution in [0.2, 0.25) is 0 Å². The molecule has 1 aromatic heterocycles. The number of aryl methyl sites for hydroxylation is 1. The number of nitrogens with zero attached hydrogens (tertiary/aromatic N) is 2. The van der Waals surface area contributed by atoms with Gasteiger partial charge in [-0.2, -0.15) is 0 Å². The lowest BCUT2D eigenvalue weighted by molar-refractivity contribution is 0.627. The van der Waals surface area contributed by atoms with E-state index in [0.29, 0.717) is 11.4 Å². The molecular formula is C14H15BrFN3. The Kier molecular flexibility index (Phi) is 4.27. The van der Waals surface area contributed by atoms with Crippen LogP contribution in [0.3, 0.4) is 0 Å². The molecule has 1 atom stereocenters. The first kappa shape index (κ1) is 14.1. The molecule has 2 rings (SSSR count). The van der Waals surface area contributed by atoms with Gasteiger partial charge in [0.15, 0.2) is 5.82 Å². The molecule has 1 aromatic carbocycles. The molecule has 0 aliphatic rings. The summed E-state index contributed by atoms with van der Waals surface area (Å²) < 4.78 is 14.1. The summed E-state index contributed by atoms with van der Waals surface area (Å²) in [7, 11) is 1.89. The summed E-state index contributed by atoms with van der Waals surface area (Å²) in [4.78, 5) is 8.80. The van der Waals surface area contributed by atoms with Gasteiger partial charge < -0.3 is 5.32 Å². The second-order valence-corrected chi connectivity index (χ2v) is 5.22. The first-order chi connectivity index (χ1) is 9.02. The van der Waals surface area contributed by atoms with Gasteiger partial charge in [-0.1, -0.05) is 15.9 Å². The molecule has 19 heavy (non-hydrogen) atoms. The Balaban J connectivity index is 2.47. The van der Waals surface area contributed by atoms with Gasteiger partial charge in [-0.05, 0) is 39.1 Å². The number of aromatic nitrogens is 2. The lowest BCUT2D eigenvalue weighted by atomic mass is 10.1. The van der Waals surface area contributed by atoms with Gasteiger partial charge >= 0.3 is 0 Å². The van der Waals surface area contributed by atoms with E-state index in [1.165, 1.54) is 12.1 Å². The highest BCUT2D eigenvalue weighted by Crippen LogP contribution is 2.27. The Morgan fingerprint density at radius 1 is 1.37 bits per heavy atom. The van der Waals surface area contributed by atoms with Gasteiger partial charge in [-0.25, -0.2) is 14.4 Å². The highest BCUT2D eigenvalue weighted by atomic mass is 79.9. The molecule has 0 spiro atoms. The topological polar surface area (TPSA) is 37.8 Å². The van der Waals surface area contributed by atoms with Gasteiger partial charge in [0.25, 0.3) is 0 Å². The fraction of sp³-hybridized carbons (Fsp3) is 0.286. The Labute approximate surface area is 120 Å². The van der Waals surface area contributed by atoms with E-state index in [4.69, 9.17) is 0 Å². The van der Waals surface area contributed by atoms with E-state index in [0.717, 1.165) is 15.7 Å². The van der Waals surface area contributed by atoms with E-state index in [9.17, 15) is 4.39 Å². The predicted octanol–water partition coefficient (Wildman–Crippen LogP) is 3.63. The molecule has 0 aliphatic heterocycles. The molecule has 100 valence electrons. The van der Waals surface area contributed by atoms with Crippen molar-refractivity contribution in [2.24, 2.45) is 0 Å². The van der Waals surface area contributed by atoms with Crippen molar-refractivity contribution in [2.45, 2.75) is 19.9 Å². The molecule has 2 aromatic rings. The largest absolute Gasteiger partial charge is 0.313 e. The van der Waals surface area contributed by atoms with Crippen molar-refractivity contribution in [1.82, 2.24) is 15.3 Å². The SMILES string of the molecule is CNC(C)c1cnc(-c2cc(F)ccc2Br)nc1C. The highest BCUT2D eigenvalue weighted by Gasteiger charge is 2.12. The average molecular weight is 324 g/mol. The second-order valence-electron chi connectivity index (χ2n) is 4.37. The fourth-order valence-corrected chi connectivity index (χ4v) is 2.28. The zero-order chi connectivity index (χ0) is 14.0. The monoisotopic (exact) mass is 323 g/mol. The first-order valence-electron chi connectivity index (χ1n) is 5.99. The molecule has 0 bridgehead atoms. The molecule has 0 amide bonds.